The highest BCUT2D eigenvalue weighted by atomic mass is 127. The highest BCUT2D eigenvalue weighted by Gasteiger charge is 2.09. The Morgan fingerprint density at radius 3 is 2.52 bits per heavy atom. The molecule has 0 spiro atoms. The average Bonchev–Trinajstić information content (AvgIpc) is 2.72. The number of hydrogen-bond donors (Lipinski definition) is 3. The number of nitrogens with one attached hydrogen (secondary N) is 2. The van der Waals surface area contributed by atoms with Gasteiger partial charge >= 0.3 is 0 Å². The number of ether oxygens (including phenoxy) is 2. The van der Waals surface area contributed by atoms with Crippen LogP contribution in [0.15, 0.2) is 52.4 Å². The van der Waals surface area contributed by atoms with E-state index >= 15 is 0 Å². The summed E-state index contributed by atoms with van der Waals surface area (Å²) in [5, 5.41) is 11.6. The maximum absolute atomic E-state index is 11.5. The topological polar surface area (TPSA) is 115 Å². The molecule has 0 fully saturated rings. The molecule has 2 aromatic carbocycles. The van der Waals surface area contributed by atoms with Crippen LogP contribution in [0.4, 0.5) is 0 Å². The van der Waals surface area contributed by atoms with Crippen molar-refractivity contribution in [3.63, 3.8) is 0 Å². The van der Waals surface area contributed by atoms with E-state index in [0.717, 1.165) is 28.9 Å². The molecule has 0 aliphatic heterocycles. The molecule has 2 aromatic rings. The molecule has 0 aliphatic carbocycles. The van der Waals surface area contributed by atoms with Crippen LogP contribution >= 0.6 is 24.0 Å². The van der Waals surface area contributed by atoms with E-state index in [1.54, 1.807) is 26.3 Å². The minimum atomic E-state index is -3.73. The van der Waals surface area contributed by atoms with Gasteiger partial charge in [-0.25, -0.2) is 13.6 Å². The fourth-order valence-electron chi connectivity index (χ4n) is 2.75. The normalized spacial score (nSPS) is 11.5. The van der Waals surface area contributed by atoms with Gasteiger partial charge in [0.05, 0.1) is 11.5 Å². The highest BCUT2D eigenvalue weighted by molar-refractivity contribution is 14.0. The van der Waals surface area contributed by atoms with Crippen molar-refractivity contribution in [1.82, 2.24) is 10.6 Å². The Morgan fingerprint density at radius 2 is 1.84 bits per heavy atom. The first-order chi connectivity index (χ1) is 14.3. The Kier molecular flexibility index (Phi) is 11.8. The standard InChI is InChI=1S/C21H30N4O4S.HI/c1-16-8-9-18(20(12-16)29-11-5-10-28-3)15-25-21(23-2)24-14-17-6-4-7-19(13-17)30(22,26)27;/h4,6-9,12-13H,5,10-11,14-15H2,1-3H3,(H2,22,26,27)(H2,23,24,25);1H. The minimum absolute atomic E-state index is 0. The van der Waals surface area contributed by atoms with Crippen LogP contribution < -0.4 is 20.5 Å². The van der Waals surface area contributed by atoms with E-state index in [0.29, 0.717) is 32.3 Å². The molecule has 0 atom stereocenters. The number of benzene rings is 2. The number of aryl methyl sites for hydroxylation is 1. The van der Waals surface area contributed by atoms with Gasteiger partial charge in [0, 0.05) is 45.8 Å². The molecule has 2 rings (SSSR count). The summed E-state index contributed by atoms with van der Waals surface area (Å²) in [4.78, 5) is 4.30. The molecule has 4 N–H and O–H groups in total. The summed E-state index contributed by atoms with van der Waals surface area (Å²) in [5.41, 5.74) is 2.91. The number of methoxy groups -OCH3 is 1. The lowest BCUT2D eigenvalue weighted by atomic mass is 10.1. The Balaban J connectivity index is 0.00000480. The molecule has 172 valence electrons. The molecule has 0 aliphatic rings. The van der Waals surface area contributed by atoms with E-state index in [9.17, 15) is 8.42 Å². The molecule has 0 saturated carbocycles. The SMILES string of the molecule is CN=C(NCc1cccc(S(N)(=O)=O)c1)NCc1ccc(C)cc1OCCCOC.I. The predicted octanol–water partition coefficient (Wildman–Crippen LogP) is 2.54. The van der Waals surface area contributed by atoms with Crippen LogP contribution in [0, 0.1) is 6.92 Å². The van der Waals surface area contributed by atoms with Gasteiger partial charge in [-0.2, -0.15) is 0 Å². The van der Waals surface area contributed by atoms with Gasteiger partial charge in [0.25, 0.3) is 0 Å². The van der Waals surface area contributed by atoms with Crippen molar-refractivity contribution in [1.29, 1.82) is 0 Å². The third-order valence-corrected chi connectivity index (χ3v) is 5.24. The summed E-state index contributed by atoms with van der Waals surface area (Å²) < 4.78 is 34.0. The number of nitrogens with two attached hydrogens (primary N) is 1. The quantitative estimate of drug-likeness (QED) is 0.178. The summed E-state index contributed by atoms with van der Waals surface area (Å²) in [6.45, 7) is 4.18. The lowest BCUT2D eigenvalue weighted by Gasteiger charge is -2.16. The molecule has 8 nitrogen and oxygen atoms in total. The largest absolute Gasteiger partial charge is 0.493 e. The molecular weight excluding hydrogens is 531 g/mol. The van der Waals surface area contributed by atoms with Crippen LogP contribution in [-0.4, -0.2) is 41.7 Å². The van der Waals surface area contributed by atoms with Gasteiger partial charge in [0.15, 0.2) is 5.96 Å². The van der Waals surface area contributed by atoms with Gasteiger partial charge < -0.3 is 20.1 Å². The monoisotopic (exact) mass is 562 g/mol. The fourth-order valence-corrected chi connectivity index (χ4v) is 3.33. The number of primary sulfonamides is 1. The molecule has 0 bridgehead atoms. The van der Waals surface area contributed by atoms with Crippen LogP contribution in [0.25, 0.3) is 0 Å². The average molecular weight is 562 g/mol. The first-order valence-corrected chi connectivity index (χ1v) is 11.2. The van der Waals surface area contributed by atoms with Gasteiger partial charge in [-0.15, -0.1) is 24.0 Å². The van der Waals surface area contributed by atoms with Gasteiger partial charge in [-0.3, -0.25) is 4.99 Å². The second-order valence-electron chi connectivity index (χ2n) is 6.78. The summed E-state index contributed by atoms with van der Waals surface area (Å²) in [5.74, 6) is 1.41. The van der Waals surface area contributed by atoms with Crippen molar-refractivity contribution in [2.45, 2.75) is 31.3 Å². The van der Waals surface area contributed by atoms with Crippen LogP contribution in [0.2, 0.25) is 0 Å². The van der Waals surface area contributed by atoms with Crippen molar-refractivity contribution in [3.8, 4) is 5.75 Å². The molecule has 10 heteroatoms. The Labute approximate surface area is 201 Å². The summed E-state index contributed by atoms with van der Waals surface area (Å²) in [7, 11) is -0.384. The Hall–Kier alpha value is -1.89. The van der Waals surface area contributed by atoms with E-state index < -0.39 is 10.0 Å². The summed E-state index contributed by atoms with van der Waals surface area (Å²) >= 11 is 0. The van der Waals surface area contributed by atoms with Crippen LogP contribution in [0.5, 0.6) is 5.75 Å². The lowest BCUT2D eigenvalue weighted by Crippen LogP contribution is -2.36. The van der Waals surface area contributed by atoms with Gasteiger partial charge in [-0.05, 0) is 36.2 Å². The van der Waals surface area contributed by atoms with Gasteiger partial charge in [0.2, 0.25) is 10.0 Å². The number of aliphatic imine (C=N–C) groups is 1. The smallest absolute Gasteiger partial charge is 0.238 e. The maximum atomic E-state index is 11.5. The van der Waals surface area contributed by atoms with E-state index in [-0.39, 0.29) is 28.9 Å². The number of sulfonamides is 1. The first-order valence-electron chi connectivity index (χ1n) is 9.61. The van der Waals surface area contributed by atoms with E-state index in [1.165, 1.54) is 6.07 Å². The third-order valence-electron chi connectivity index (χ3n) is 4.33. The second kappa shape index (κ2) is 13.5. The summed E-state index contributed by atoms with van der Waals surface area (Å²) in [6.07, 6.45) is 0.818. The molecule has 31 heavy (non-hydrogen) atoms. The second-order valence-corrected chi connectivity index (χ2v) is 8.34. The molecule has 0 unspecified atom stereocenters. The van der Waals surface area contributed by atoms with Crippen LogP contribution in [0.1, 0.15) is 23.1 Å². The minimum Gasteiger partial charge on any atom is -0.493 e. The predicted molar refractivity (Wildman–Crippen MR) is 133 cm³/mol. The van der Waals surface area contributed by atoms with Crippen molar-refractivity contribution < 1.29 is 17.9 Å². The number of rotatable bonds is 10. The highest BCUT2D eigenvalue weighted by Crippen LogP contribution is 2.20. The van der Waals surface area contributed by atoms with E-state index in [2.05, 4.69) is 15.6 Å². The molecule has 0 saturated heterocycles. The van der Waals surface area contributed by atoms with Gasteiger partial charge in [-0.1, -0.05) is 24.3 Å². The third kappa shape index (κ3) is 9.42. The maximum Gasteiger partial charge on any atom is 0.238 e. The van der Waals surface area contributed by atoms with Crippen molar-refractivity contribution in [3.05, 3.63) is 59.2 Å². The zero-order valence-corrected chi connectivity index (χ0v) is 21.2. The Bertz CT molecular complexity index is 968. The van der Waals surface area contributed by atoms with Crippen LogP contribution in [0.3, 0.4) is 0 Å². The summed E-state index contributed by atoms with van der Waals surface area (Å²) in [6, 6.07) is 12.6. The first kappa shape index (κ1) is 27.1. The molecule has 0 heterocycles. The number of guanidine groups is 1. The van der Waals surface area contributed by atoms with Crippen molar-refractivity contribution in [2.75, 3.05) is 27.4 Å². The Morgan fingerprint density at radius 1 is 1.10 bits per heavy atom. The zero-order chi connectivity index (χ0) is 22.0. The zero-order valence-electron chi connectivity index (χ0n) is 18.1. The molecular formula is C21H31IN4O4S. The molecule has 0 radical (unpaired) electrons. The lowest BCUT2D eigenvalue weighted by molar-refractivity contribution is 0.171. The fraction of sp³-hybridized carbons (Fsp3) is 0.381. The molecule has 0 aromatic heterocycles. The van der Waals surface area contributed by atoms with E-state index in [4.69, 9.17) is 14.6 Å². The van der Waals surface area contributed by atoms with Crippen LogP contribution in [-0.2, 0) is 27.8 Å². The number of hydrogen-bond acceptors (Lipinski definition) is 5. The molecule has 0 amide bonds. The van der Waals surface area contributed by atoms with Crippen molar-refractivity contribution in [2.24, 2.45) is 10.1 Å². The number of halogens is 1. The van der Waals surface area contributed by atoms with E-state index in [1.807, 2.05) is 31.2 Å². The number of nitrogens with zero attached hydrogens (tertiary/aromatic N) is 1. The van der Waals surface area contributed by atoms with Crippen molar-refractivity contribution >= 4 is 40.0 Å². The van der Waals surface area contributed by atoms with Gasteiger partial charge in [0.1, 0.15) is 5.75 Å².